The third-order valence-corrected chi connectivity index (χ3v) is 4.56. The highest BCUT2D eigenvalue weighted by Gasteiger charge is 2.09. The fourth-order valence-corrected chi connectivity index (χ4v) is 2.93. The van der Waals surface area contributed by atoms with Crippen molar-refractivity contribution in [1.82, 2.24) is 14.8 Å². The zero-order valence-corrected chi connectivity index (χ0v) is 15.1. The maximum atomic E-state index is 10.8. The van der Waals surface area contributed by atoms with Crippen molar-refractivity contribution in [3.05, 3.63) is 29.6 Å². The summed E-state index contributed by atoms with van der Waals surface area (Å²) in [6.45, 7) is 2.68. The summed E-state index contributed by atoms with van der Waals surface area (Å²) >= 11 is 1.61. The van der Waals surface area contributed by atoms with E-state index in [0.717, 1.165) is 42.3 Å². The topological polar surface area (TPSA) is 66.2 Å². The summed E-state index contributed by atoms with van der Waals surface area (Å²) in [5, 5.41) is 9.36. The molecular formula is C17H23N3O3S. The van der Waals surface area contributed by atoms with Gasteiger partial charge in [0, 0.05) is 24.8 Å². The number of carbonyl (C=O) groups is 1. The lowest BCUT2D eigenvalue weighted by molar-refractivity contribution is 0.112. The number of methoxy groups -OCH3 is 1. The molecule has 0 saturated heterocycles. The van der Waals surface area contributed by atoms with Gasteiger partial charge in [-0.15, -0.1) is 10.2 Å². The molecule has 0 spiro atoms. The molecule has 7 heteroatoms. The molecule has 1 aromatic heterocycles. The summed E-state index contributed by atoms with van der Waals surface area (Å²) in [6.07, 6.45) is 4.01. The van der Waals surface area contributed by atoms with Crippen LogP contribution in [0.4, 0.5) is 0 Å². The van der Waals surface area contributed by atoms with Gasteiger partial charge in [-0.3, -0.25) is 4.79 Å². The van der Waals surface area contributed by atoms with E-state index < -0.39 is 0 Å². The molecule has 1 aromatic carbocycles. The van der Waals surface area contributed by atoms with Crippen LogP contribution in [0.3, 0.4) is 0 Å². The van der Waals surface area contributed by atoms with Gasteiger partial charge >= 0.3 is 0 Å². The van der Waals surface area contributed by atoms with Crippen molar-refractivity contribution in [2.45, 2.75) is 31.3 Å². The van der Waals surface area contributed by atoms with Crippen molar-refractivity contribution in [3.8, 4) is 11.5 Å². The standard InChI is InChI=1S/C17H23N3O3S/c1-4-5-6-16-18-19-17(20(16)2)24-10-9-23-14-8-7-13(12-21)11-15(14)22-3/h7-8,11-12H,4-6,9-10H2,1-3H3. The largest absolute Gasteiger partial charge is 0.493 e. The van der Waals surface area contributed by atoms with Crippen LogP contribution in [0.25, 0.3) is 0 Å². The molecule has 130 valence electrons. The number of rotatable bonds is 10. The number of thioether (sulfide) groups is 1. The minimum Gasteiger partial charge on any atom is -0.493 e. The van der Waals surface area contributed by atoms with Crippen LogP contribution < -0.4 is 9.47 Å². The van der Waals surface area contributed by atoms with Crippen LogP contribution in [0, 0.1) is 0 Å². The fraction of sp³-hybridized carbons (Fsp3) is 0.471. The van der Waals surface area contributed by atoms with Gasteiger partial charge in [-0.25, -0.2) is 0 Å². The Bertz CT molecular complexity index is 673. The van der Waals surface area contributed by atoms with Crippen LogP contribution in [0.1, 0.15) is 35.9 Å². The van der Waals surface area contributed by atoms with E-state index in [1.54, 1.807) is 37.1 Å². The van der Waals surface area contributed by atoms with Gasteiger partial charge in [-0.1, -0.05) is 25.1 Å². The number of hydrogen-bond donors (Lipinski definition) is 0. The van der Waals surface area contributed by atoms with Crippen molar-refractivity contribution < 1.29 is 14.3 Å². The quantitative estimate of drug-likeness (QED) is 0.373. The number of ether oxygens (including phenoxy) is 2. The van der Waals surface area contributed by atoms with E-state index in [1.807, 2.05) is 11.6 Å². The lowest BCUT2D eigenvalue weighted by Gasteiger charge is -2.10. The van der Waals surface area contributed by atoms with E-state index in [1.165, 1.54) is 0 Å². The summed E-state index contributed by atoms with van der Waals surface area (Å²) < 4.78 is 13.0. The smallest absolute Gasteiger partial charge is 0.191 e. The highest BCUT2D eigenvalue weighted by atomic mass is 32.2. The zero-order chi connectivity index (χ0) is 17.4. The molecule has 2 rings (SSSR count). The molecule has 0 fully saturated rings. The molecule has 0 saturated carbocycles. The molecule has 0 amide bonds. The molecule has 0 aliphatic rings. The van der Waals surface area contributed by atoms with Crippen LogP contribution in [-0.2, 0) is 13.5 Å². The van der Waals surface area contributed by atoms with Crippen LogP contribution in [0.2, 0.25) is 0 Å². The van der Waals surface area contributed by atoms with Gasteiger partial charge in [0.2, 0.25) is 0 Å². The van der Waals surface area contributed by atoms with Gasteiger partial charge < -0.3 is 14.0 Å². The second-order valence-electron chi connectivity index (χ2n) is 5.29. The van der Waals surface area contributed by atoms with E-state index in [0.29, 0.717) is 23.7 Å². The Morgan fingerprint density at radius 2 is 2.12 bits per heavy atom. The summed E-state index contributed by atoms with van der Waals surface area (Å²) in [7, 11) is 3.55. The van der Waals surface area contributed by atoms with Crippen LogP contribution in [0.15, 0.2) is 23.4 Å². The first-order valence-corrected chi connectivity index (χ1v) is 8.95. The van der Waals surface area contributed by atoms with E-state index in [-0.39, 0.29) is 0 Å². The monoisotopic (exact) mass is 349 g/mol. The molecule has 0 radical (unpaired) electrons. The summed E-state index contributed by atoms with van der Waals surface area (Å²) in [5.41, 5.74) is 0.562. The number of aldehydes is 1. The second kappa shape index (κ2) is 9.32. The predicted molar refractivity (Wildman–Crippen MR) is 94.2 cm³/mol. The van der Waals surface area contributed by atoms with Crippen molar-refractivity contribution in [2.75, 3.05) is 19.5 Å². The molecule has 1 heterocycles. The summed E-state index contributed by atoms with van der Waals surface area (Å²) in [5.74, 6) is 2.96. The maximum Gasteiger partial charge on any atom is 0.191 e. The van der Waals surface area contributed by atoms with E-state index in [9.17, 15) is 4.79 Å². The average molecular weight is 349 g/mol. The van der Waals surface area contributed by atoms with E-state index >= 15 is 0 Å². The lowest BCUT2D eigenvalue weighted by Crippen LogP contribution is -2.04. The van der Waals surface area contributed by atoms with E-state index in [2.05, 4.69) is 17.1 Å². The number of nitrogens with zero attached hydrogens (tertiary/aromatic N) is 3. The predicted octanol–water partition coefficient (Wildman–Crippen LogP) is 3.15. The molecule has 0 aliphatic carbocycles. The summed E-state index contributed by atoms with van der Waals surface area (Å²) in [4.78, 5) is 10.8. The third kappa shape index (κ3) is 4.74. The third-order valence-electron chi connectivity index (χ3n) is 3.57. The van der Waals surface area contributed by atoms with Crippen molar-refractivity contribution >= 4 is 18.0 Å². The Morgan fingerprint density at radius 3 is 2.83 bits per heavy atom. The molecule has 0 bridgehead atoms. The zero-order valence-electron chi connectivity index (χ0n) is 14.3. The van der Waals surface area contributed by atoms with Gasteiger partial charge in [0.15, 0.2) is 16.7 Å². The van der Waals surface area contributed by atoms with Crippen molar-refractivity contribution in [2.24, 2.45) is 7.05 Å². The number of aromatic nitrogens is 3. The molecule has 6 nitrogen and oxygen atoms in total. The molecule has 24 heavy (non-hydrogen) atoms. The minimum absolute atomic E-state index is 0.513. The van der Waals surface area contributed by atoms with Crippen LogP contribution in [0.5, 0.6) is 11.5 Å². The Kier molecular flexibility index (Phi) is 7.11. The van der Waals surface area contributed by atoms with E-state index in [4.69, 9.17) is 9.47 Å². The lowest BCUT2D eigenvalue weighted by atomic mass is 10.2. The first kappa shape index (κ1) is 18.3. The number of aryl methyl sites for hydroxylation is 1. The van der Waals surface area contributed by atoms with Crippen molar-refractivity contribution in [1.29, 1.82) is 0 Å². The number of carbonyl (C=O) groups excluding carboxylic acids is 1. The molecule has 0 atom stereocenters. The average Bonchev–Trinajstić information content (AvgIpc) is 2.96. The highest BCUT2D eigenvalue weighted by Crippen LogP contribution is 2.28. The molecular weight excluding hydrogens is 326 g/mol. The number of benzene rings is 1. The van der Waals surface area contributed by atoms with Gasteiger partial charge in [-0.2, -0.15) is 0 Å². The molecule has 0 unspecified atom stereocenters. The minimum atomic E-state index is 0.513. The van der Waals surface area contributed by atoms with Gasteiger partial charge in [-0.05, 0) is 24.6 Å². The highest BCUT2D eigenvalue weighted by molar-refractivity contribution is 7.99. The Morgan fingerprint density at radius 1 is 1.29 bits per heavy atom. The molecule has 0 aliphatic heterocycles. The van der Waals surface area contributed by atoms with Gasteiger partial charge in [0.1, 0.15) is 12.1 Å². The van der Waals surface area contributed by atoms with Gasteiger partial charge in [0.05, 0.1) is 13.7 Å². The second-order valence-corrected chi connectivity index (χ2v) is 6.35. The normalized spacial score (nSPS) is 10.6. The first-order valence-electron chi connectivity index (χ1n) is 7.96. The van der Waals surface area contributed by atoms with Crippen LogP contribution in [-0.4, -0.2) is 40.5 Å². The van der Waals surface area contributed by atoms with Crippen LogP contribution >= 0.6 is 11.8 Å². The van der Waals surface area contributed by atoms with Gasteiger partial charge in [0.25, 0.3) is 0 Å². The maximum absolute atomic E-state index is 10.8. The SMILES string of the molecule is CCCCc1nnc(SCCOc2ccc(C=O)cc2OC)n1C. The molecule has 0 N–H and O–H groups in total. The Hall–Kier alpha value is -2.02. The number of unbranched alkanes of at least 4 members (excludes halogenated alkanes) is 1. The summed E-state index contributed by atoms with van der Waals surface area (Å²) in [6, 6.07) is 5.12. The number of hydrogen-bond acceptors (Lipinski definition) is 6. The van der Waals surface area contributed by atoms with Crippen molar-refractivity contribution in [3.63, 3.8) is 0 Å². The molecule has 2 aromatic rings. The Labute approximate surface area is 146 Å². The Balaban J connectivity index is 1.85. The first-order chi connectivity index (χ1) is 11.7. The fourth-order valence-electron chi connectivity index (χ4n) is 2.18.